The molecule has 65 heavy (non-hydrogen) atoms. The molecule has 0 aliphatic carbocycles. The summed E-state index contributed by atoms with van der Waals surface area (Å²) in [7, 11) is 0. The Balaban J connectivity index is 2.43. The first-order valence-electron chi connectivity index (χ1n) is 21.0. The van der Waals surface area contributed by atoms with Crippen molar-refractivity contribution in [2.75, 3.05) is 11.9 Å². The molecule has 0 aromatic heterocycles. The zero-order valence-corrected chi connectivity index (χ0v) is 36.8. The maximum absolute atomic E-state index is 14.5. The minimum atomic E-state index is -1.79. The van der Waals surface area contributed by atoms with E-state index in [0.717, 1.165) is 5.56 Å². The first-order valence-corrected chi connectivity index (χ1v) is 21.0. The quantitative estimate of drug-likeness (QED) is 0.0382. The summed E-state index contributed by atoms with van der Waals surface area (Å²) in [4.78, 5) is 139. The van der Waals surface area contributed by atoms with Gasteiger partial charge in [-0.05, 0) is 55.4 Å². The van der Waals surface area contributed by atoms with Crippen molar-refractivity contribution >= 4 is 70.6 Å². The van der Waals surface area contributed by atoms with Crippen molar-refractivity contribution in [3.8, 4) is 0 Å². The van der Waals surface area contributed by atoms with Crippen LogP contribution < -0.4 is 37.6 Å². The molecule has 0 saturated heterocycles. The number of carboxylic acid groups (broad SMARTS) is 3. The molecule has 0 aliphatic heterocycles. The monoisotopic (exact) mass is 909 g/mol. The SMILES string of the molecule is CCCCC(NC(=O)[C@H](CC(C)C)NC(=O)CNc1ccccc1C(=O)[C@H](Cc1ccccc1C)NC(=O)[C@H](CCC(=O)O)NC(=O)[C@H](CC(=O)O)NC(=O)CCC(=O)O)C(=O)C(N)=O. The highest BCUT2D eigenvalue weighted by Gasteiger charge is 2.33. The van der Waals surface area contributed by atoms with Crippen molar-refractivity contribution in [1.82, 2.24) is 26.6 Å². The summed E-state index contributed by atoms with van der Waals surface area (Å²) in [6.45, 7) is 6.79. The van der Waals surface area contributed by atoms with Crippen LogP contribution in [0.2, 0.25) is 0 Å². The first kappa shape index (κ1) is 53.9. The number of amides is 6. The summed E-state index contributed by atoms with van der Waals surface area (Å²) in [5, 5.41) is 42.8. The van der Waals surface area contributed by atoms with Crippen LogP contribution in [0.25, 0.3) is 0 Å². The van der Waals surface area contributed by atoms with Crippen LogP contribution in [0, 0.1) is 12.8 Å². The molecule has 21 heteroatoms. The maximum Gasteiger partial charge on any atom is 0.305 e. The van der Waals surface area contributed by atoms with Gasteiger partial charge in [0.25, 0.3) is 5.91 Å². The van der Waals surface area contributed by atoms with Gasteiger partial charge in [0.05, 0.1) is 31.5 Å². The third-order valence-corrected chi connectivity index (χ3v) is 9.91. The van der Waals surface area contributed by atoms with E-state index in [2.05, 4.69) is 31.9 Å². The number of Topliss-reactive ketones (excluding diaryl/α,β-unsaturated/α-hetero) is 2. The average Bonchev–Trinajstić information content (AvgIpc) is 3.23. The Morgan fingerprint density at radius 3 is 1.78 bits per heavy atom. The Kier molecular flexibility index (Phi) is 22.5. The summed E-state index contributed by atoms with van der Waals surface area (Å²) in [6.07, 6.45) is -2.00. The normalized spacial score (nSPS) is 13.1. The molecule has 1 unspecified atom stereocenters. The number of primary amides is 1. The van der Waals surface area contributed by atoms with E-state index in [1.807, 2.05) is 20.8 Å². The Morgan fingerprint density at radius 1 is 0.615 bits per heavy atom. The number of carboxylic acids is 3. The second-order valence-electron chi connectivity index (χ2n) is 15.7. The van der Waals surface area contributed by atoms with Crippen LogP contribution in [-0.4, -0.2) is 117 Å². The molecule has 0 heterocycles. The van der Waals surface area contributed by atoms with E-state index in [9.17, 15) is 63.0 Å². The molecule has 21 nitrogen and oxygen atoms in total. The van der Waals surface area contributed by atoms with Gasteiger partial charge in [0, 0.05) is 30.5 Å². The predicted molar refractivity (Wildman–Crippen MR) is 233 cm³/mol. The van der Waals surface area contributed by atoms with Crippen LogP contribution in [0.5, 0.6) is 0 Å². The smallest absolute Gasteiger partial charge is 0.305 e. The van der Waals surface area contributed by atoms with Gasteiger partial charge >= 0.3 is 17.9 Å². The topological polar surface area (TPSA) is 347 Å². The minimum absolute atomic E-state index is 0.00361. The van der Waals surface area contributed by atoms with E-state index in [1.54, 1.807) is 37.3 Å². The van der Waals surface area contributed by atoms with Crippen molar-refractivity contribution in [1.29, 1.82) is 0 Å². The minimum Gasteiger partial charge on any atom is -0.481 e. The van der Waals surface area contributed by atoms with Crippen LogP contribution in [0.1, 0.15) is 100 Å². The fraction of sp³-hybridized carbons (Fsp3) is 0.477. The molecule has 2 aromatic rings. The highest BCUT2D eigenvalue weighted by molar-refractivity contribution is 6.37. The first-order chi connectivity index (χ1) is 30.6. The van der Waals surface area contributed by atoms with Crippen LogP contribution in [0.15, 0.2) is 48.5 Å². The molecule has 11 N–H and O–H groups in total. The maximum atomic E-state index is 14.5. The van der Waals surface area contributed by atoms with Gasteiger partial charge in [0.2, 0.25) is 35.3 Å². The number of benzene rings is 2. The number of nitrogens with two attached hydrogens (primary N) is 1. The van der Waals surface area contributed by atoms with E-state index in [4.69, 9.17) is 10.8 Å². The van der Waals surface area contributed by atoms with Crippen molar-refractivity contribution in [3.63, 3.8) is 0 Å². The van der Waals surface area contributed by atoms with E-state index in [-0.39, 0.29) is 36.4 Å². The highest BCUT2D eigenvalue weighted by Crippen LogP contribution is 2.20. The summed E-state index contributed by atoms with van der Waals surface area (Å²) < 4.78 is 0. The molecule has 0 radical (unpaired) electrons. The molecule has 2 aromatic carbocycles. The lowest BCUT2D eigenvalue weighted by molar-refractivity contribution is -0.142. The third-order valence-electron chi connectivity index (χ3n) is 9.91. The number of carbonyl (C=O) groups excluding carboxylic acids is 8. The molecule has 0 aliphatic rings. The lowest BCUT2D eigenvalue weighted by Gasteiger charge is -2.26. The van der Waals surface area contributed by atoms with Crippen LogP contribution in [-0.2, 0) is 54.4 Å². The molecule has 0 spiro atoms. The molecule has 0 saturated carbocycles. The van der Waals surface area contributed by atoms with Crippen molar-refractivity contribution in [2.45, 2.75) is 122 Å². The molecule has 6 amide bonds. The zero-order chi connectivity index (χ0) is 48.8. The number of carbonyl (C=O) groups is 11. The lowest BCUT2D eigenvalue weighted by Crippen LogP contribution is -2.56. The summed E-state index contributed by atoms with van der Waals surface area (Å²) in [6, 6.07) is 5.78. The molecule has 0 bridgehead atoms. The zero-order valence-electron chi connectivity index (χ0n) is 36.8. The van der Waals surface area contributed by atoms with Gasteiger partial charge in [-0.25, -0.2) is 0 Å². The second kappa shape index (κ2) is 27.1. The van der Waals surface area contributed by atoms with Gasteiger partial charge in [0.15, 0.2) is 5.78 Å². The Hall–Kier alpha value is -7.19. The van der Waals surface area contributed by atoms with Gasteiger partial charge in [-0.15, -0.1) is 0 Å². The van der Waals surface area contributed by atoms with Gasteiger partial charge in [-0.1, -0.05) is 70.0 Å². The second-order valence-corrected chi connectivity index (χ2v) is 15.7. The lowest BCUT2D eigenvalue weighted by atomic mass is 9.94. The van der Waals surface area contributed by atoms with Crippen LogP contribution >= 0.6 is 0 Å². The average molecular weight is 910 g/mol. The van der Waals surface area contributed by atoms with Crippen LogP contribution in [0.3, 0.4) is 0 Å². The van der Waals surface area contributed by atoms with Crippen molar-refractivity contribution < 1.29 is 68.1 Å². The van der Waals surface area contributed by atoms with Gasteiger partial charge < -0.3 is 53.0 Å². The fourth-order valence-corrected chi connectivity index (χ4v) is 6.51. The van der Waals surface area contributed by atoms with E-state index >= 15 is 0 Å². The molecule has 354 valence electrons. The fourth-order valence-electron chi connectivity index (χ4n) is 6.51. The largest absolute Gasteiger partial charge is 0.481 e. The van der Waals surface area contributed by atoms with Gasteiger partial charge in [-0.2, -0.15) is 0 Å². The number of anilines is 1. The summed E-state index contributed by atoms with van der Waals surface area (Å²) >= 11 is 0. The molecule has 0 fully saturated rings. The number of hydrogen-bond acceptors (Lipinski definition) is 12. The molecular weight excluding hydrogens is 851 g/mol. The number of unbranched alkanes of at least 4 members (excludes halogenated alkanes) is 1. The summed E-state index contributed by atoms with van der Waals surface area (Å²) in [5.41, 5.74) is 6.70. The van der Waals surface area contributed by atoms with Gasteiger partial charge in [0.1, 0.15) is 18.1 Å². The Bertz CT molecular complexity index is 2070. The Morgan fingerprint density at radius 2 is 1.18 bits per heavy atom. The third kappa shape index (κ3) is 19.4. The molecular formula is C44H59N7O14. The molecule has 5 atom stereocenters. The van der Waals surface area contributed by atoms with Crippen LogP contribution in [0.4, 0.5) is 5.69 Å². The van der Waals surface area contributed by atoms with E-state index in [0.29, 0.717) is 18.4 Å². The summed E-state index contributed by atoms with van der Waals surface area (Å²) in [5.74, 6) is -11.8. The van der Waals surface area contributed by atoms with Gasteiger partial charge in [-0.3, -0.25) is 52.7 Å². The van der Waals surface area contributed by atoms with E-state index in [1.165, 1.54) is 18.2 Å². The van der Waals surface area contributed by atoms with Crippen molar-refractivity contribution in [3.05, 3.63) is 65.2 Å². The number of nitrogens with one attached hydrogen (secondary N) is 6. The predicted octanol–water partition coefficient (Wildman–Crippen LogP) is 0.751. The number of hydrogen-bond donors (Lipinski definition) is 10. The number of rotatable bonds is 30. The highest BCUT2D eigenvalue weighted by atomic mass is 16.4. The molecule has 2 rings (SSSR count). The number of aryl methyl sites for hydroxylation is 1. The standard InChI is InChI=1S/C44H59N7O14/c1-5-6-14-29(40(61)41(45)62)49-43(64)32(20-24(2)3)48-35(53)23-46-28-15-10-9-13-27(28)39(60)31(21-26-12-8-7-11-25(26)4)51-42(63)30(16-18-36(54)55)50-44(65)33(22-38(58)59)47-34(52)17-19-37(56)57/h7-13,15,24,29-33,46H,5-6,14,16-23H2,1-4H3,(H2,45,62)(H,47,52)(H,48,53)(H,49,64)(H,50,65)(H,51,63)(H,54,55)(H,56,57)(H,58,59)/t29?,30-,31-,32-,33-/m0/s1. The van der Waals surface area contributed by atoms with Crippen molar-refractivity contribution in [2.24, 2.45) is 11.7 Å². The van der Waals surface area contributed by atoms with E-state index < -0.39 is 134 Å². The Labute approximate surface area is 375 Å². The number of ketones is 2. The number of para-hydroxylation sites is 1. The number of aliphatic carboxylic acids is 3.